The van der Waals surface area contributed by atoms with Gasteiger partial charge in [-0.15, -0.1) is 0 Å². The standard InChI is InChI=1S/C14H23NO/c1-4-16-14-7-5-13(6-8-14)11-15-10-9-12(2)3/h5-8,12,15H,4,9-11H2,1-3H3. The van der Waals surface area contributed by atoms with E-state index in [9.17, 15) is 0 Å². The highest BCUT2D eigenvalue weighted by molar-refractivity contribution is 5.27. The van der Waals surface area contributed by atoms with E-state index in [1.54, 1.807) is 0 Å². The van der Waals surface area contributed by atoms with Crippen molar-refractivity contribution in [3.8, 4) is 5.75 Å². The van der Waals surface area contributed by atoms with E-state index >= 15 is 0 Å². The highest BCUT2D eigenvalue weighted by Gasteiger charge is 1.96. The molecule has 90 valence electrons. The first-order valence-corrected chi connectivity index (χ1v) is 6.14. The second-order valence-corrected chi connectivity index (χ2v) is 4.44. The van der Waals surface area contributed by atoms with Gasteiger partial charge in [0.1, 0.15) is 5.75 Å². The van der Waals surface area contributed by atoms with Gasteiger partial charge in [-0.05, 0) is 43.5 Å². The lowest BCUT2D eigenvalue weighted by molar-refractivity contribution is 0.340. The molecule has 0 saturated heterocycles. The Morgan fingerprint density at radius 1 is 1.19 bits per heavy atom. The molecule has 0 aliphatic rings. The molecule has 1 aromatic carbocycles. The summed E-state index contributed by atoms with van der Waals surface area (Å²) in [7, 11) is 0. The topological polar surface area (TPSA) is 21.3 Å². The fourth-order valence-electron chi connectivity index (χ4n) is 1.49. The van der Waals surface area contributed by atoms with Crippen molar-refractivity contribution in [2.45, 2.75) is 33.7 Å². The lowest BCUT2D eigenvalue weighted by Crippen LogP contribution is -2.16. The van der Waals surface area contributed by atoms with Crippen molar-refractivity contribution >= 4 is 0 Å². The summed E-state index contributed by atoms with van der Waals surface area (Å²) in [4.78, 5) is 0. The van der Waals surface area contributed by atoms with E-state index in [-0.39, 0.29) is 0 Å². The third-order valence-corrected chi connectivity index (χ3v) is 2.46. The maximum Gasteiger partial charge on any atom is 0.119 e. The molecule has 1 rings (SSSR count). The van der Waals surface area contributed by atoms with Crippen LogP contribution in [0.25, 0.3) is 0 Å². The summed E-state index contributed by atoms with van der Waals surface area (Å²) in [6, 6.07) is 8.30. The van der Waals surface area contributed by atoms with Crippen LogP contribution in [0.15, 0.2) is 24.3 Å². The van der Waals surface area contributed by atoms with E-state index in [2.05, 4.69) is 31.3 Å². The van der Waals surface area contributed by atoms with Crippen LogP contribution in [0.4, 0.5) is 0 Å². The summed E-state index contributed by atoms with van der Waals surface area (Å²) in [6.45, 7) is 9.26. The first-order valence-electron chi connectivity index (χ1n) is 6.14. The molecule has 0 unspecified atom stereocenters. The molecule has 0 fully saturated rings. The lowest BCUT2D eigenvalue weighted by Gasteiger charge is -2.08. The minimum Gasteiger partial charge on any atom is -0.494 e. The number of nitrogens with one attached hydrogen (secondary N) is 1. The van der Waals surface area contributed by atoms with Crippen molar-refractivity contribution in [1.29, 1.82) is 0 Å². The Morgan fingerprint density at radius 2 is 1.88 bits per heavy atom. The van der Waals surface area contributed by atoms with Crippen LogP contribution in [-0.2, 0) is 6.54 Å². The summed E-state index contributed by atoms with van der Waals surface area (Å²) in [6.07, 6.45) is 1.23. The maximum absolute atomic E-state index is 5.40. The largest absolute Gasteiger partial charge is 0.494 e. The highest BCUT2D eigenvalue weighted by Crippen LogP contribution is 2.11. The van der Waals surface area contributed by atoms with E-state index in [0.29, 0.717) is 0 Å². The molecule has 0 saturated carbocycles. The first kappa shape index (κ1) is 13.0. The fraction of sp³-hybridized carbons (Fsp3) is 0.571. The van der Waals surface area contributed by atoms with E-state index in [0.717, 1.165) is 31.4 Å². The Hall–Kier alpha value is -1.02. The minimum atomic E-state index is 0.728. The Kier molecular flexibility index (Phi) is 5.94. The van der Waals surface area contributed by atoms with E-state index in [4.69, 9.17) is 4.74 Å². The van der Waals surface area contributed by atoms with Crippen LogP contribution in [-0.4, -0.2) is 13.2 Å². The van der Waals surface area contributed by atoms with Crippen LogP contribution in [0.1, 0.15) is 32.8 Å². The van der Waals surface area contributed by atoms with E-state index < -0.39 is 0 Å². The Labute approximate surface area is 99.0 Å². The van der Waals surface area contributed by atoms with Gasteiger partial charge in [0.05, 0.1) is 6.61 Å². The zero-order chi connectivity index (χ0) is 11.8. The normalized spacial score (nSPS) is 10.8. The molecule has 0 atom stereocenters. The molecular formula is C14H23NO. The summed E-state index contributed by atoms with van der Waals surface area (Å²) in [5.74, 6) is 1.72. The molecule has 2 nitrogen and oxygen atoms in total. The van der Waals surface area contributed by atoms with Crippen molar-refractivity contribution < 1.29 is 4.74 Å². The van der Waals surface area contributed by atoms with Crippen molar-refractivity contribution in [3.05, 3.63) is 29.8 Å². The highest BCUT2D eigenvalue weighted by atomic mass is 16.5. The van der Waals surface area contributed by atoms with Gasteiger partial charge >= 0.3 is 0 Å². The lowest BCUT2D eigenvalue weighted by atomic mass is 10.1. The Morgan fingerprint density at radius 3 is 2.44 bits per heavy atom. The van der Waals surface area contributed by atoms with Crippen LogP contribution >= 0.6 is 0 Å². The molecule has 0 bridgehead atoms. The zero-order valence-corrected chi connectivity index (χ0v) is 10.6. The first-order chi connectivity index (χ1) is 7.72. The van der Waals surface area contributed by atoms with Crippen LogP contribution in [0.3, 0.4) is 0 Å². The summed E-state index contributed by atoms with van der Waals surface area (Å²) >= 11 is 0. The van der Waals surface area contributed by atoms with Gasteiger partial charge in [-0.1, -0.05) is 26.0 Å². The number of hydrogen-bond donors (Lipinski definition) is 1. The zero-order valence-electron chi connectivity index (χ0n) is 10.6. The van der Waals surface area contributed by atoms with Crippen LogP contribution < -0.4 is 10.1 Å². The van der Waals surface area contributed by atoms with Crippen LogP contribution in [0.5, 0.6) is 5.75 Å². The Bertz CT molecular complexity index is 279. The number of hydrogen-bond acceptors (Lipinski definition) is 2. The van der Waals surface area contributed by atoms with Gasteiger partial charge in [-0.25, -0.2) is 0 Å². The van der Waals surface area contributed by atoms with Crippen LogP contribution in [0, 0.1) is 5.92 Å². The van der Waals surface area contributed by atoms with Gasteiger partial charge in [-0.3, -0.25) is 0 Å². The van der Waals surface area contributed by atoms with Crippen molar-refractivity contribution in [1.82, 2.24) is 5.32 Å². The molecule has 0 aliphatic heterocycles. The maximum atomic E-state index is 5.40. The molecule has 0 heterocycles. The van der Waals surface area contributed by atoms with Crippen LogP contribution in [0.2, 0.25) is 0 Å². The molecule has 2 heteroatoms. The summed E-state index contributed by atoms with van der Waals surface area (Å²) < 4.78 is 5.40. The van der Waals surface area contributed by atoms with Gasteiger partial charge < -0.3 is 10.1 Å². The van der Waals surface area contributed by atoms with Gasteiger partial charge in [0.25, 0.3) is 0 Å². The molecular weight excluding hydrogens is 198 g/mol. The average molecular weight is 221 g/mol. The van der Waals surface area contributed by atoms with Crippen molar-refractivity contribution in [3.63, 3.8) is 0 Å². The summed E-state index contributed by atoms with van der Waals surface area (Å²) in [5, 5.41) is 3.44. The predicted octanol–water partition coefficient (Wildman–Crippen LogP) is 3.22. The molecule has 0 aromatic heterocycles. The van der Waals surface area contributed by atoms with Crippen molar-refractivity contribution in [2.24, 2.45) is 5.92 Å². The number of rotatable bonds is 7. The SMILES string of the molecule is CCOc1ccc(CNCCC(C)C)cc1. The second kappa shape index (κ2) is 7.29. The third kappa shape index (κ3) is 5.17. The molecule has 1 N–H and O–H groups in total. The molecule has 16 heavy (non-hydrogen) atoms. The predicted molar refractivity (Wildman–Crippen MR) is 68.8 cm³/mol. The second-order valence-electron chi connectivity index (χ2n) is 4.44. The molecule has 0 aliphatic carbocycles. The van der Waals surface area contributed by atoms with Gasteiger partial charge in [0.2, 0.25) is 0 Å². The molecule has 0 amide bonds. The average Bonchev–Trinajstić information content (AvgIpc) is 2.27. The number of benzene rings is 1. The molecule has 1 aromatic rings. The third-order valence-electron chi connectivity index (χ3n) is 2.46. The van der Waals surface area contributed by atoms with E-state index in [1.807, 2.05) is 19.1 Å². The summed E-state index contributed by atoms with van der Waals surface area (Å²) in [5.41, 5.74) is 1.31. The van der Waals surface area contributed by atoms with E-state index in [1.165, 1.54) is 12.0 Å². The quantitative estimate of drug-likeness (QED) is 0.714. The number of ether oxygens (including phenoxy) is 1. The van der Waals surface area contributed by atoms with Gasteiger partial charge in [-0.2, -0.15) is 0 Å². The van der Waals surface area contributed by atoms with Gasteiger partial charge in [0, 0.05) is 6.54 Å². The fourth-order valence-corrected chi connectivity index (χ4v) is 1.49. The van der Waals surface area contributed by atoms with Crippen molar-refractivity contribution in [2.75, 3.05) is 13.2 Å². The monoisotopic (exact) mass is 221 g/mol. The molecule has 0 radical (unpaired) electrons. The minimum absolute atomic E-state index is 0.728. The molecule has 0 spiro atoms. The smallest absolute Gasteiger partial charge is 0.119 e. The Balaban J connectivity index is 2.26. The van der Waals surface area contributed by atoms with Gasteiger partial charge in [0.15, 0.2) is 0 Å².